The number of aliphatic hydroxyl groups excluding tert-OH is 2. The molecule has 0 aromatic heterocycles. The molecule has 1 saturated carbocycles. The molecule has 1 aliphatic rings. The minimum atomic E-state index is -2.00. The summed E-state index contributed by atoms with van der Waals surface area (Å²) in [6.07, 6.45) is -1.10. The molecule has 1 amide bonds. The Labute approximate surface area is 216 Å². The molecule has 202 valence electrons. The highest BCUT2D eigenvalue weighted by Crippen LogP contribution is 2.35. The number of ether oxygens (including phenoxy) is 2. The number of phenols is 4. The Hall–Kier alpha value is -4.55. The molecule has 1 fully saturated rings. The number of rotatable bonds is 7. The standard InChI is InChI=1S/C26H27NO11/c1-27-25(36)26(38-23(34)9-5-15-3-7-17(29)19(31)11-15)12-20(32)24(35)21(13-26)37-22(33)8-4-14-2-6-16(28)18(30)10-14/h2-11,20-21,24,28-32,35H,12-13H2,1H3,(H,27,36)/t20-,21-,24-,26+/m1/s1. The van der Waals surface area contributed by atoms with Crippen molar-refractivity contribution in [2.24, 2.45) is 0 Å². The van der Waals surface area contributed by atoms with Gasteiger partial charge in [-0.05, 0) is 47.5 Å². The lowest BCUT2D eigenvalue weighted by molar-refractivity contribution is -0.198. The summed E-state index contributed by atoms with van der Waals surface area (Å²) in [7, 11) is 1.28. The molecule has 3 rings (SSSR count). The maximum absolute atomic E-state index is 12.8. The van der Waals surface area contributed by atoms with Crippen molar-refractivity contribution in [2.75, 3.05) is 7.05 Å². The van der Waals surface area contributed by atoms with Crippen LogP contribution in [0.3, 0.4) is 0 Å². The van der Waals surface area contributed by atoms with Crippen molar-refractivity contribution in [2.45, 2.75) is 36.8 Å². The summed E-state index contributed by atoms with van der Waals surface area (Å²) in [5.41, 5.74) is -1.31. The van der Waals surface area contributed by atoms with Crippen LogP contribution in [-0.2, 0) is 23.9 Å². The van der Waals surface area contributed by atoms with E-state index in [9.17, 15) is 45.0 Å². The van der Waals surface area contributed by atoms with E-state index in [2.05, 4.69) is 5.32 Å². The van der Waals surface area contributed by atoms with Crippen LogP contribution in [0.1, 0.15) is 24.0 Å². The van der Waals surface area contributed by atoms with Crippen molar-refractivity contribution < 1.29 is 54.5 Å². The first kappa shape index (κ1) is 28.0. The number of esters is 2. The van der Waals surface area contributed by atoms with Gasteiger partial charge in [-0.1, -0.05) is 12.1 Å². The van der Waals surface area contributed by atoms with Crippen molar-refractivity contribution >= 4 is 30.0 Å². The Morgan fingerprint density at radius 2 is 1.37 bits per heavy atom. The number of hydrogen-bond donors (Lipinski definition) is 7. The number of benzene rings is 2. The van der Waals surface area contributed by atoms with Gasteiger partial charge >= 0.3 is 11.9 Å². The van der Waals surface area contributed by atoms with E-state index in [0.29, 0.717) is 11.1 Å². The molecule has 1 aliphatic carbocycles. The molecule has 2 aromatic carbocycles. The van der Waals surface area contributed by atoms with Crippen LogP contribution in [0, 0.1) is 0 Å². The summed E-state index contributed by atoms with van der Waals surface area (Å²) in [4.78, 5) is 37.8. The number of carbonyl (C=O) groups is 3. The highest BCUT2D eigenvalue weighted by atomic mass is 16.6. The van der Waals surface area contributed by atoms with E-state index in [1.807, 2.05) is 0 Å². The number of amides is 1. The van der Waals surface area contributed by atoms with Gasteiger partial charge in [0, 0.05) is 32.0 Å². The van der Waals surface area contributed by atoms with E-state index in [0.717, 1.165) is 12.2 Å². The third-order valence-electron chi connectivity index (χ3n) is 5.87. The summed E-state index contributed by atoms with van der Waals surface area (Å²) in [5.74, 6) is -4.27. The minimum absolute atomic E-state index is 0.339. The Morgan fingerprint density at radius 3 is 1.87 bits per heavy atom. The van der Waals surface area contributed by atoms with E-state index in [4.69, 9.17) is 9.47 Å². The molecule has 0 saturated heterocycles. The number of hydrogen-bond acceptors (Lipinski definition) is 11. The lowest BCUT2D eigenvalue weighted by Gasteiger charge is -2.42. The summed E-state index contributed by atoms with van der Waals surface area (Å²) < 4.78 is 10.7. The summed E-state index contributed by atoms with van der Waals surface area (Å²) >= 11 is 0. The zero-order valence-corrected chi connectivity index (χ0v) is 20.1. The van der Waals surface area contributed by atoms with E-state index in [1.54, 1.807) is 0 Å². The molecule has 0 bridgehead atoms. The average molecular weight is 529 g/mol. The number of nitrogens with one attached hydrogen (secondary N) is 1. The Morgan fingerprint density at radius 1 is 0.842 bits per heavy atom. The fourth-order valence-corrected chi connectivity index (χ4v) is 3.92. The van der Waals surface area contributed by atoms with Gasteiger partial charge in [0.1, 0.15) is 12.2 Å². The third-order valence-corrected chi connectivity index (χ3v) is 5.87. The lowest BCUT2D eigenvalue weighted by Crippen LogP contribution is -2.61. The third kappa shape index (κ3) is 6.60. The molecule has 0 heterocycles. The molecular weight excluding hydrogens is 502 g/mol. The molecule has 12 nitrogen and oxygen atoms in total. The number of likely N-dealkylation sites (N-methyl/N-ethyl adjacent to an activating group) is 1. The average Bonchev–Trinajstić information content (AvgIpc) is 2.87. The van der Waals surface area contributed by atoms with Crippen molar-refractivity contribution in [1.82, 2.24) is 5.32 Å². The Balaban J connectivity index is 1.76. The second-order valence-electron chi connectivity index (χ2n) is 8.60. The molecule has 0 unspecified atom stereocenters. The van der Waals surface area contributed by atoms with Gasteiger partial charge in [-0.25, -0.2) is 9.59 Å². The normalized spacial score (nSPS) is 23.3. The van der Waals surface area contributed by atoms with Gasteiger partial charge in [-0.3, -0.25) is 4.79 Å². The first-order chi connectivity index (χ1) is 17.9. The second kappa shape index (κ2) is 11.7. The SMILES string of the molecule is CNC(=O)[C@]1(OC(=O)C=Cc2ccc(O)c(O)c2)C[C@@H](O)[C@@H](O)[C@H](OC(=O)C=Cc2ccc(O)c(O)c2)C1. The Bertz CT molecular complexity index is 1270. The van der Waals surface area contributed by atoms with Crippen molar-refractivity contribution in [1.29, 1.82) is 0 Å². The van der Waals surface area contributed by atoms with Crippen LogP contribution in [0.2, 0.25) is 0 Å². The van der Waals surface area contributed by atoms with Crippen molar-refractivity contribution in [3.8, 4) is 23.0 Å². The van der Waals surface area contributed by atoms with Gasteiger partial charge in [0.2, 0.25) is 0 Å². The zero-order chi connectivity index (χ0) is 28.0. The summed E-state index contributed by atoms with van der Waals surface area (Å²) in [6.45, 7) is 0. The predicted octanol–water partition coefficient (Wildman–Crippen LogP) is 0.691. The fourth-order valence-electron chi connectivity index (χ4n) is 3.92. The van der Waals surface area contributed by atoms with Crippen LogP contribution in [0.5, 0.6) is 23.0 Å². The van der Waals surface area contributed by atoms with Crippen molar-refractivity contribution in [3.05, 3.63) is 59.7 Å². The molecule has 4 atom stereocenters. The van der Waals surface area contributed by atoms with Gasteiger partial charge in [0.15, 0.2) is 28.6 Å². The van der Waals surface area contributed by atoms with Crippen LogP contribution in [0.25, 0.3) is 12.2 Å². The second-order valence-corrected chi connectivity index (χ2v) is 8.60. The maximum Gasteiger partial charge on any atom is 0.331 e. The van der Waals surface area contributed by atoms with E-state index in [-0.39, 0.29) is 11.5 Å². The number of phenolic OH excluding ortho intramolecular Hbond substituents is 4. The van der Waals surface area contributed by atoms with E-state index in [1.165, 1.54) is 55.6 Å². The molecule has 0 radical (unpaired) electrons. The molecule has 7 N–H and O–H groups in total. The number of aromatic hydroxyl groups is 4. The fraction of sp³-hybridized carbons (Fsp3) is 0.269. The largest absolute Gasteiger partial charge is 0.504 e. The summed E-state index contributed by atoms with van der Waals surface area (Å²) in [5, 5.41) is 61.1. The molecule has 12 heteroatoms. The van der Waals surface area contributed by atoms with E-state index >= 15 is 0 Å². The van der Waals surface area contributed by atoms with Crippen LogP contribution in [0.15, 0.2) is 48.6 Å². The molecular formula is C26H27NO11. The number of carbonyl (C=O) groups excluding carboxylic acids is 3. The van der Waals surface area contributed by atoms with Gasteiger partial charge in [0.25, 0.3) is 5.91 Å². The molecule has 0 aliphatic heterocycles. The monoisotopic (exact) mass is 529 g/mol. The van der Waals surface area contributed by atoms with Crippen LogP contribution in [0.4, 0.5) is 0 Å². The lowest BCUT2D eigenvalue weighted by atomic mass is 9.78. The topological polar surface area (TPSA) is 203 Å². The number of aliphatic hydroxyl groups is 2. The highest BCUT2D eigenvalue weighted by molar-refractivity contribution is 5.93. The zero-order valence-electron chi connectivity index (χ0n) is 20.1. The van der Waals surface area contributed by atoms with E-state index < -0.39 is 66.1 Å². The summed E-state index contributed by atoms with van der Waals surface area (Å²) in [6, 6.07) is 7.64. The molecule has 38 heavy (non-hydrogen) atoms. The smallest absolute Gasteiger partial charge is 0.331 e. The van der Waals surface area contributed by atoms with Gasteiger partial charge in [0.05, 0.1) is 6.10 Å². The first-order valence-electron chi connectivity index (χ1n) is 11.4. The predicted molar refractivity (Wildman–Crippen MR) is 132 cm³/mol. The quantitative estimate of drug-likeness (QED) is 0.151. The van der Waals surface area contributed by atoms with Crippen LogP contribution < -0.4 is 5.32 Å². The van der Waals surface area contributed by atoms with Crippen molar-refractivity contribution in [3.63, 3.8) is 0 Å². The van der Waals surface area contributed by atoms with Crippen LogP contribution >= 0.6 is 0 Å². The van der Waals surface area contributed by atoms with Gasteiger partial charge in [-0.15, -0.1) is 0 Å². The Kier molecular flexibility index (Phi) is 8.61. The minimum Gasteiger partial charge on any atom is -0.504 e. The maximum atomic E-state index is 12.8. The van der Waals surface area contributed by atoms with Gasteiger partial charge < -0.3 is 45.4 Å². The first-order valence-corrected chi connectivity index (χ1v) is 11.4. The molecule has 2 aromatic rings. The van der Waals surface area contributed by atoms with Gasteiger partial charge in [-0.2, -0.15) is 0 Å². The van der Waals surface area contributed by atoms with Crippen LogP contribution in [-0.4, -0.2) is 79.4 Å². The molecule has 0 spiro atoms. The highest BCUT2D eigenvalue weighted by Gasteiger charge is 2.53.